The van der Waals surface area contributed by atoms with E-state index in [0.717, 1.165) is 24.3 Å². The lowest BCUT2D eigenvalue weighted by atomic mass is 10.1. The first-order valence-electron chi connectivity index (χ1n) is 7.82. The third-order valence-electron chi connectivity index (χ3n) is 4.20. The molecule has 114 valence electrons. The average Bonchev–Trinajstić information content (AvgIpc) is 2.49. The fraction of sp³-hybridized carbons (Fsp3) is 0.688. The Bertz CT molecular complexity index is 514. The number of aryl methyl sites for hydroxylation is 1. The van der Waals surface area contributed by atoms with Gasteiger partial charge >= 0.3 is 0 Å². The Labute approximate surface area is 127 Å². The standard InChI is InChI=1S/C16H25N5/c1-12(11-21-7-5-4-6-8-21)10-18-16-15(9-17)13(2)14(3)19-20-16/h12H,4-8,10-11H2,1-3H3,(H,18,20). The molecule has 0 saturated carbocycles. The highest BCUT2D eigenvalue weighted by Crippen LogP contribution is 2.18. The van der Waals surface area contributed by atoms with Gasteiger partial charge in [-0.2, -0.15) is 10.4 Å². The molecule has 0 radical (unpaired) electrons. The second-order valence-corrected chi connectivity index (χ2v) is 6.09. The summed E-state index contributed by atoms with van der Waals surface area (Å²) in [4.78, 5) is 2.53. The van der Waals surface area contributed by atoms with Gasteiger partial charge in [0.2, 0.25) is 0 Å². The first kappa shape index (κ1) is 15.7. The second-order valence-electron chi connectivity index (χ2n) is 6.09. The van der Waals surface area contributed by atoms with Gasteiger partial charge in [-0.05, 0) is 51.3 Å². The molecule has 0 aromatic carbocycles. The summed E-state index contributed by atoms with van der Waals surface area (Å²) in [6.45, 7) is 10.4. The normalized spacial score (nSPS) is 17.2. The van der Waals surface area contributed by atoms with Crippen LogP contribution in [0.15, 0.2) is 0 Å². The summed E-state index contributed by atoms with van der Waals surface area (Å²) in [5.41, 5.74) is 2.35. The molecule has 1 fully saturated rings. The van der Waals surface area contributed by atoms with Crippen LogP contribution >= 0.6 is 0 Å². The SMILES string of the molecule is Cc1nnc(NCC(C)CN2CCCCC2)c(C#N)c1C. The molecule has 1 aromatic rings. The van der Waals surface area contributed by atoms with Crippen molar-refractivity contribution in [1.82, 2.24) is 15.1 Å². The molecule has 2 heterocycles. The molecule has 1 aliphatic rings. The van der Waals surface area contributed by atoms with E-state index >= 15 is 0 Å². The molecule has 1 aromatic heterocycles. The second kappa shape index (κ2) is 7.37. The van der Waals surface area contributed by atoms with Crippen molar-refractivity contribution in [2.45, 2.75) is 40.0 Å². The van der Waals surface area contributed by atoms with Crippen molar-refractivity contribution in [3.8, 4) is 6.07 Å². The van der Waals surface area contributed by atoms with E-state index in [1.165, 1.54) is 32.4 Å². The number of hydrogen-bond acceptors (Lipinski definition) is 5. The quantitative estimate of drug-likeness (QED) is 0.901. The maximum absolute atomic E-state index is 9.28. The Hall–Kier alpha value is -1.67. The highest BCUT2D eigenvalue weighted by molar-refractivity contribution is 5.55. The van der Waals surface area contributed by atoms with Gasteiger partial charge in [-0.25, -0.2) is 0 Å². The van der Waals surface area contributed by atoms with Gasteiger partial charge < -0.3 is 10.2 Å². The van der Waals surface area contributed by atoms with Gasteiger partial charge in [0.1, 0.15) is 11.6 Å². The van der Waals surface area contributed by atoms with E-state index in [4.69, 9.17) is 0 Å². The summed E-state index contributed by atoms with van der Waals surface area (Å²) in [6.07, 6.45) is 4.01. The number of nitriles is 1. The topological polar surface area (TPSA) is 64.8 Å². The summed E-state index contributed by atoms with van der Waals surface area (Å²) in [7, 11) is 0. The first-order valence-corrected chi connectivity index (χ1v) is 7.82. The monoisotopic (exact) mass is 287 g/mol. The maximum atomic E-state index is 9.28. The van der Waals surface area contributed by atoms with Crippen LogP contribution in [-0.2, 0) is 0 Å². The minimum absolute atomic E-state index is 0.526. The van der Waals surface area contributed by atoms with Crippen molar-refractivity contribution < 1.29 is 0 Å². The molecule has 0 aliphatic carbocycles. The van der Waals surface area contributed by atoms with Crippen LogP contribution in [0.5, 0.6) is 0 Å². The summed E-state index contributed by atoms with van der Waals surface area (Å²) in [5.74, 6) is 1.14. The maximum Gasteiger partial charge on any atom is 0.166 e. The smallest absolute Gasteiger partial charge is 0.166 e. The average molecular weight is 287 g/mol. The fourth-order valence-electron chi connectivity index (χ4n) is 2.79. The lowest BCUT2D eigenvalue weighted by Crippen LogP contribution is -2.35. The third-order valence-corrected chi connectivity index (χ3v) is 4.20. The van der Waals surface area contributed by atoms with E-state index in [0.29, 0.717) is 17.3 Å². The Kier molecular flexibility index (Phi) is 5.51. The first-order chi connectivity index (χ1) is 10.1. The molecular formula is C16H25N5. The van der Waals surface area contributed by atoms with E-state index in [-0.39, 0.29) is 0 Å². The van der Waals surface area contributed by atoms with Gasteiger partial charge in [0.15, 0.2) is 5.82 Å². The molecule has 1 aliphatic heterocycles. The predicted octanol–water partition coefficient (Wildman–Crippen LogP) is 2.50. The number of aromatic nitrogens is 2. The number of hydrogen-bond donors (Lipinski definition) is 1. The zero-order chi connectivity index (χ0) is 15.2. The molecule has 1 saturated heterocycles. The van der Waals surface area contributed by atoms with Crippen LogP contribution in [0, 0.1) is 31.1 Å². The van der Waals surface area contributed by atoms with Gasteiger partial charge in [-0.3, -0.25) is 0 Å². The molecule has 1 unspecified atom stereocenters. The largest absolute Gasteiger partial charge is 0.367 e. The Balaban J connectivity index is 1.90. The molecule has 2 rings (SSSR count). The summed E-state index contributed by atoms with van der Waals surface area (Å²) in [5, 5.41) is 20.8. The molecular weight excluding hydrogens is 262 g/mol. The van der Waals surface area contributed by atoms with E-state index < -0.39 is 0 Å². The van der Waals surface area contributed by atoms with Crippen LogP contribution in [0.3, 0.4) is 0 Å². The molecule has 5 nitrogen and oxygen atoms in total. The lowest BCUT2D eigenvalue weighted by molar-refractivity contribution is 0.204. The van der Waals surface area contributed by atoms with Crippen molar-refractivity contribution in [2.24, 2.45) is 5.92 Å². The van der Waals surface area contributed by atoms with Crippen LogP contribution in [-0.4, -0.2) is 41.3 Å². The van der Waals surface area contributed by atoms with Crippen LogP contribution in [0.1, 0.15) is 43.0 Å². The van der Waals surface area contributed by atoms with Crippen molar-refractivity contribution in [1.29, 1.82) is 5.26 Å². The number of piperidine rings is 1. The summed E-state index contributed by atoms with van der Waals surface area (Å²) in [6, 6.07) is 2.23. The van der Waals surface area contributed by atoms with Crippen molar-refractivity contribution in [2.75, 3.05) is 31.5 Å². The molecule has 0 spiro atoms. The molecule has 21 heavy (non-hydrogen) atoms. The Morgan fingerprint density at radius 1 is 1.24 bits per heavy atom. The van der Waals surface area contributed by atoms with Crippen LogP contribution in [0.25, 0.3) is 0 Å². The zero-order valence-corrected chi connectivity index (χ0v) is 13.3. The number of nitrogens with zero attached hydrogens (tertiary/aromatic N) is 4. The van der Waals surface area contributed by atoms with Gasteiger partial charge in [0.25, 0.3) is 0 Å². The fourth-order valence-corrected chi connectivity index (χ4v) is 2.79. The molecule has 0 bridgehead atoms. The van der Waals surface area contributed by atoms with Gasteiger partial charge in [0, 0.05) is 13.1 Å². The van der Waals surface area contributed by atoms with Crippen LogP contribution in [0.2, 0.25) is 0 Å². The predicted molar refractivity (Wildman–Crippen MR) is 84.2 cm³/mol. The minimum atomic E-state index is 0.526. The van der Waals surface area contributed by atoms with Crippen LogP contribution < -0.4 is 5.32 Å². The summed E-state index contributed by atoms with van der Waals surface area (Å²) >= 11 is 0. The Morgan fingerprint density at radius 3 is 2.62 bits per heavy atom. The van der Waals surface area contributed by atoms with Crippen molar-refractivity contribution in [3.05, 3.63) is 16.8 Å². The highest BCUT2D eigenvalue weighted by Gasteiger charge is 2.15. The van der Waals surface area contributed by atoms with E-state index in [1.54, 1.807) is 0 Å². The van der Waals surface area contributed by atoms with Crippen molar-refractivity contribution >= 4 is 5.82 Å². The molecule has 1 atom stereocenters. The number of anilines is 1. The highest BCUT2D eigenvalue weighted by atomic mass is 15.2. The minimum Gasteiger partial charge on any atom is -0.367 e. The van der Waals surface area contributed by atoms with E-state index in [9.17, 15) is 5.26 Å². The van der Waals surface area contributed by atoms with Gasteiger partial charge in [-0.1, -0.05) is 13.3 Å². The van der Waals surface area contributed by atoms with Crippen molar-refractivity contribution in [3.63, 3.8) is 0 Å². The van der Waals surface area contributed by atoms with Crippen LogP contribution in [0.4, 0.5) is 5.82 Å². The number of likely N-dealkylation sites (tertiary alicyclic amines) is 1. The van der Waals surface area contributed by atoms with E-state index in [2.05, 4.69) is 33.4 Å². The number of nitrogens with one attached hydrogen (secondary N) is 1. The molecule has 5 heteroatoms. The van der Waals surface area contributed by atoms with E-state index in [1.807, 2.05) is 13.8 Å². The molecule has 1 N–H and O–H groups in total. The van der Waals surface area contributed by atoms with Gasteiger partial charge in [-0.15, -0.1) is 5.10 Å². The van der Waals surface area contributed by atoms with Gasteiger partial charge in [0.05, 0.1) is 5.69 Å². The lowest BCUT2D eigenvalue weighted by Gasteiger charge is -2.29. The summed E-state index contributed by atoms with van der Waals surface area (Å²) < 4.78 is 0. The number of rotatable bonds is 5. The third kappa shape index (κ3) is 4.15. The zero-order valence-electron chi connectivity index (χ0n) is 13.3. The Morgan fingerprint density at radius 2 is 1.95 bits per heavy atom. The molecule has 0 amide bonds.